The van der Waals surface area contributed by atoms with Crippen LogP contribution in [0.5, 0.6) is 5.75 Å². The number of benzene rings is 2. The largest absolute Gasteiger partial charge is 0.492 e. The van der Waals surface area contributed by atoms with Crippen LogP contribution >= 0.6 is 0 Å². The zero-order chi connectivity index (χ0) is 18.2. The molecule has 0 saturated carbocycles. The summed E-state index contributed by atoms with van der Waals surface area (Å²) < 4.78 is 5.65. The van der Waals surface area contributed by atoms with E-state index in [1.54, 1.807) is 24.3 Å². The van der Waals surface area contributed by atoms with Crippen molar-refractivity contribution in [2.45, 2.75) is 26.7 Å². The molecule has 2 rings (SSSR count). The Morgan fingerprint density at radius 3 is 2.28 bits per heavy atom. The number of aryl methyl sites for hydroxylation is 3. The minimum atomic E-state index is -0.951. The van der Waals surface area contributed by atoms with Crippen molar-refractivity contribution in [3.05, 3.63) is 64.7 Å². The second-order valence-corrected chi connectivity index (χ2v) is 6.02. The van der Waals surface area contributed by atoms with Gasteiger partial charge in [-0.1, -0.05) is 18.2 Å². The molecule has 0 aliphatic rings. The predicted molar refractivity (Wildman–Crippen MR) is 96.1 cm³/mol. The van der Waals surface area contributed by atoms with Gasteiger partial charge in [0.2, 0.25) is 5.91 Å². The number of carbonyl (C=O) groups is 2. The van der Waals surface area contributed by atoms with Crippen LogP contribution in [-0.2, 0) is 11.2 Å². The van der Waals surface area contributed by atoms with E-state index in [1.165, 1.54) is 0 Å². The second-order valence-electron chi connectivity index (χ2n) is 6.02. The van der Waals surface area contributed by atoms with Crippen molar-refractivity contribution < 1.29 is 19.4 Å². The maximum atomic E-state index is 11.9. The number of rotatable bonds is 8. The van der Waals surface area contributed by atoms with Crippen molar-refractivity contribution in [2.24, 2.45) is 0 Å². The van der Waals surface area contributed by atoms with Gasteiger partial charge in [-0.2, -0.15) is 0 Å². The third-order valence-electron chi connectivity index (χ3n) is 3.73. The van der Waals surface area contributed by atoms with Crippen LogP contribution in [0.3, 0.4) is 0 Å². The lowest BCUT2D eigenvalue weighted by atomic mass is 10.1. The van der Waals surface area contributed by atoms with Crippen LogP contribution in [-0.4, -0.2) is 30.1 Å². The maximum absolute atomic E-state index is 11.9. The number of hydrogen-bond acceptors (Lipinski definition) is 3. The lowest BCUT2D eigenvalue weighted by molar-refractivity contribution is -0.121. The summed E-state index contributed by atoms with van der Waals surface area (Å²) >= 11 is 0. The number of hydrogen-bond donors (Lipinski definition) is 2. The Balaban J connectivity index is 1.67. The molecule has 0 aromatic heterocycles. The molecule has 0 radical (unpaired) electrons. The van der Waals surface area contributed by atoms with Gasteiger partial charge in [-0.25, -0.2) is 4.79 Å². The zero-order valence-electron chi connectivity index (χ0n) is 14.5. The highest BCUT2D eigenvalue weighted by molar-refractivity contribution is 5.87. The van der Waals surface area contributed by atoms with Gasteiger partial charge in [0, 0.05) is 6.42 Å². The van der Waals surface area contributed by atoms with Crippen LogP contribution in [0.25, 0.3) is 0 Å². The van der Waals surface area contributed by atoms with Crippen LogP contribution in [0, 0.1) is 13.8 Å². The molecule has 5 nitrogen and oxygen atoms in total. The van der Waals surface area contributed by atoms with Crippen molar-refractivity contribution in [3.63, 3.8) is 0 Å². The molecule has 25 heavy (non-hydrogen) atoms. The molecular formula is C20H23NO4. The third-order valence-corrected chi connectivity index (χ3v) is 3.73. The third kappa shape index (κ3) is 6.30. The van der Waals surface area contributed by atoms with Gasteiger partial charge in [-0.15, -0.1) is 0 Å². The molecule has 2 aromatic rings. The van der Waals surface area contributed by atoms with Gasteiger partial charge >= 0.3 is 5.97 Å². The quantitative estimate of drug-likeness (QED) is 0.723. The fourth-order valence-corrected chi connectivity index (χ4v) is 2.54. The Morgan fingerprint density at radius 1 is 1.04 bits per heavy atom. The molecule has 2 N–H and O–H groups in total. The SMILES string of the molecule is Cc1cc(C)cc(OCCNC(=O)CCc2ccc(C(=O)O)cc2)c1. The van der Waals surface area contributed by atoms with E-state index < -0.39 is 5.97 Å². The average molecular weight is 341 g/mol. The molecule has 132 valence electrons. The Kier molecular flexibility index (Phi) is 6.57. The highest BCUT2D eigenvalue weighted by Gasteiger charge is 2.05. The smallest absolute Gasteiger partial charge is 0.335 e. The second kappa shape index (κ2) is 8.87. The number of carboxylic acid groups (broad SMARTS) is 1. The first-order chi connectivity index (χ1) is 11.9. The summed E-state index contributed by atoms with van der Waals surface area (Å²) in [6, 6.07) is 12.6. The molecule has 2 aromatic carbocycles. The number of aromatic carboxylic acids is 1. The molecule has 0 spiro atoms. The monoisotopic (exact) mass is 341 g/mol. The maximum Gasteiger partial charge on any atom is 0.335 e. The minimum absolute atomic E-state index is 0.0497. The van der Waals surface area contributed by atoms with Crippen LogP contribution < -0.4 is 10.1 Å². The van der Waals surface area contributed by atoms with E-state index in [9.17, 15) is 9.59 Å². The molecular weight excluding hydrogens is 318 g/mol. The molecule has 0 saturated heterocycles. The molecule has 1 amide bonds. The molecule has 0 aliphatic heterocycles. The van der Waals surface area contributed by atoms with Crippen LogP contribution in [0.15, 0.2) is 42.5 Å². The van der Waals surface area contributed by atoms with Gasteiger partial charge in [0.05, 0.1) is 12.1 Å². The molecule has 0 atom stereocenters. The van der Waals surface area contributed by atoms with Gasteiger partial charge in [-0.05, 0) is 61.2 Å². The first-order valence-corrected chi connectivity index (χ1v) is 8.24. The van der Waals surface area contributed by atoms with E-state index in [1.807, 2.05) is 26.0 Å². The van der Waals surface area contributed by atoms with E-state index in [-0.39, 0.29) is 11.5 Å². The van der Waals surface area contributed by atoms with Crippen molar-refractivity contribution >= 4 is 11.9 Å². The first-order valence-electron chi connectivity index (χ1n) is 8.24. The standard InChI is InChI=1S/C20H23NO4/c1-14-11-15(2)13-18(12-14)25-10-9-21-19(22)8-5-16-3-6-17(7-4-16)20(23)24/h3-4,6-7,11-13H,5,8-10H2,1-2H3,(H,21,22)(H,23,24). The van der Waals surface area contributed by atoms with E-state index in [2.05, 4.69) is 11.4 Å². The Bertz CT molecular complexity index is 718. The summed E-state index contributed by atoms with van der Waals surface area (Å²) in [4.78, 5) is 22.6. The van der Waals surface area contributed by atoms with Crippen molar-refractivity contribution in [1.82, 2.24) is 5.32 Å². The van der Waals surface area contributed by atoms with Crippen LogP contribution in [0.1, 0.15) is 33.5 Å². The minimum Gasteiger partial charge on any atom is -0.492 e. The first kappa shape index (κ1) is 18.5. The number of carboxylic acids is 1. The van der Waals surface area contributed by atoms with Crippen LogP contribution in [0.2, 0.25) is 0 Å². The van der Waals surface area contributed by atoms with E-state index >= 15 is 0 Å². The topological polar surface area (TPSA) is 75.6 Å². The average Bonchev–Trinajstić information content (AvgIpc) is 2.56. The van der Waals surface area contributed by atoms with Gasteiger partial charge in [0.25, 0.3) is 0 Å². The fraction of sp³-hybridized carbons (Fsp3) is 0.300. The van der Waals surface area contributed by atoms with Crippen LogP contribution in [0.4, 0.5) is 0 Å². The van der Waals surface area contributed by atoms with Crippen molar-refractivity contribution in [2.75, 3.05) is 13.2 Å². The molecule has 0 aliphatic carbocycles. The summed E-state index contributed by atoms with van der Waals surface area (Å²) in [5.41, 5.74) is 3.48. The summed E-state index contributed by atoms with van der Waals surface area (Å²) in [5, 5.41) is 11.7. The lowest BCUT2D eigenvalue weighted by Gasteiger charge is -2.09. The predicted octanol–water partition coefficient (Wildman–Crippen LogP) is 3.13. The van der Waals surface area contributed by atoms with Gasteiger partial charge in [-0.3, -0.25) is 4.79 Å². The van der Waals surface area contributed by atoms with E-state index in [4.69, 9.17) is 9.84 Å². The summed E-state index contributed by atoms with van der Waals surface area (Å²) in [6.07, 6.45) is 0.930. The summed E-state index contributed by atoms with van der Waals surface area (Å²) in [7, 11) is 0. The van der Waals surface area contributed by atoms with Gasteiger partial charge in [0.1, 0.15) is 12.4 Å². The molecule has 0 unspecified atom stereocenters. The van der Waals surface area contributed by atoms with E-state index in [0.717, 1.165) is 22.4 Å². The Labute approximate surface area is 147 Å². The van der Waals surface area contributed by atoms with Gasteiger partial charge in [0.15, 0.2) is 0 Å². The fourth-order valence-electron chi connectivity index (χ4n) is 2.54. The number of nitrogens with one attached hydrogen (secondary N) is 1. The summed E-state index contributed by atoms with van der Waals surface area (Å²) in [5.74, 6) is -0.190. The van der Waals surface area contributed by atoms with Gasteiger partial charge < -0.3 is 15.2 Å². The molecule has 0 heterocycles. The zero-order valence-corrected chi connectivity index (χ0v) is 14.5. The number of ether oxygens (including phenoxy) is 1. The molecule has 5 heteroatoms. The molecule has 0 bridgehead atoms. The van der Waals surface area contributed by atoms with Crippen molar-refractivity contribution in [3.8, 4) is 5.75 Å². The Morgan fingerprint density at radius 2 is 1.68 bits per heavy atom. The highest BCUT2D eigenvalue weighted by atomic mass is 16.5. The number of carbonyl (C=O) groups excluding carboxylic acids is 1. The number of amides is 1. The molecule has 0 fully saturated rings. The highest BCUT2D eigenvalue weighted by Crippen LogP contribution is 2.15. The Hall–Kier alpha value is -2.82. The van der Waals surface area contributed by atoms with Crippen molar-refractivity contribution in [1.29, 1.82) is 0 Å². The summed E-state index contributed by atoms with van der Waals surface area (Å²) in [6.45, 7) is 4.90. The normalized spacial score (nSPS) is 10.3. The lowest BCUT2D eigenvalue weighted by Crippen LogP contribution is -2.28. The van der Waals surface area contributed by atoms with E-state index in [0.29, 0.717) is 26.0 Å².